The number of piperidine rings is 1. The highest BCUT2D eigenvalue weighted by Crippen LogP contribution is 2.33. The normalized spacial score (nSPS) is 26.3. The molecule has 2 aliphatic rings. The average molecular weight is 309 g/mol. The molecular weight excluding hydrogens is 284 g/mol. The van der Waals surface area contributed by atoms with E-state index in [9.17, 15) is 8.42 Å². The van der Waals surface area contributed by atoms with Gasteiger partial charge in [-0.3, -0.25) is 0 Å². The van der Waals surface area contributed by atoms with Gasteiger partial charge in [0.05, 0.1) is 0 Å². The van der Waals surface area contributed by atoms with E-state index in [1.165, 1.54) is 0 Å². The number of nitrogens with zero attached hydrogens (tertiary/aromatic N) is 2. The van der Waals surface area contributed by atoms with E-state index in [0.29, 0.717) is 24.9 Å². The minimum Gasteiger partial charge on any atom is -0.195 e. The molecule has 2 fully saturated rings. The van der Waals surface area contributed by atoms with Crippen LogP contribution in [0.1, 0.15) is 46.0 Å². The molecule has 112 valence electrons. The van der Waals surface area contributed by atoms with E-state index in [1.807, 2.05) is 13.8 Å². The highest BCUT2D eigenvalue weighted by molar-refractivity contribution is 7.86. The molecular formula is C13H25ClN2O2S. The average Bonchev–Trinajstić information content (AvgIpc) is 3.19. The molecule has 1 unspecified atom stereocenters. The molecule has 0 aromatic rings. The van der Waals surface area contributed by atoms with Gasteiger partial charge in [0, 0.05) is 31.1 Å². The van der Waals surface area contributed by atoms with E-state index in [4.69, 9.17) is 11.6 Å². The topological polar surface area (TPSA) is 40.6 Å². The summed E-state index contributed by atoms with van der Waals surface area (Å²) in [6, 6.07) is -0.00984. The molecule has 1 heterocycles. The van der Waals surface area contributed by atoms with Gasteiger partial charge in [0.2, 0.25) is 0 Å². The van der Waals surface area contributed by atoms with Crippen LogP contribution in [0.5, 0.6) is 0 Å². The second-order valence-corrected chi connectivity index (χ2v) is 8.17. The van der Waals surface area contributed by atoms with Crippen molar-refractivity contribution in [2.75, 3.05) is 19.0 Å². The van der Waals surface area contributed by atoms with Gasteiger partial charge in [0.25, 0.3) is 10.2 Å². The van der Waals surface area contributed by atoms with E-state index in [2.05, 4.69) is 0 Å². The van der Waals surface area contributed by atoms with Crippen LogP contribution in [0.25, 0.3) is 0 Å². The van der Waals surface area contributed by atoms with E-state index in [0.717, 1.165) is 32.1 Å². The molecule has 0 bridgehead atoms. The molecule has 1 saturated carbocycles. The van der Waals surface area contributed by atoms with Crippen molar-refractivity contribution < 1.29 is 8.42 Å². The Morgan fingerprint density at radius 3 is 2.47 bits per heavy atom. The van der Waals surface area contributed by atoms with Crippen molar-refractivity contribution in [3.8, 4) is 0 Å². The maximum Gasteiger partial charge on any atom is 0.282 e. The van der Waals surface area contributed by atoms with Crippen molar-refractivity contribution in [3.63, 3.8) is 0 Å². The summed E-state index contributed by atoms with van der Waals surface area (Å²) in [6.07, 6.45) is 5.24. The lowest BCUT2D eigenvalue weighted by atomic mass is 10.1. The van der Waals surface area contributed by atoms with Crippen molar-refractivity contribution in [1.29, 1.82) is 0 Å². The fraction of sp³-hybridized carbons (Fsp3) is 1.00. The standard InChI is InChI=1S/C13H25ClN2O2S/c1-11(2)16(10-12-6-7-12)19(17,18)15-8-4-3-5-13(15)9-14/h11-13H,3-10H2,1-2H3. The van der Waals surface area contributed by atoms with Crippen LogP contribution in [0.2, 0.25) is 0 Å². The third-order valence-corrected chi connectivity index (χ3v) is 6.65. The second kappa shape index (κ2) is 6.29. The zero-order chi connectivity index (χ0) is 14.0. The zero-order valence-corrected chi connectivity index (χ0v) is 13.5. The summed E-state index contributed by atoms with van der Waals surface area (Å²) >= 11 is 5.96. The van der Waals surface area contributed by atoms with Crippen molar-refractivity contribution in [3.05, 3.63) is 0 Å². The van der Waals surface area contributed by atoms with Crippen LogP contribution in [0, 0.1) is 5.92 Å². The van der Waals surface area contributed by atoms with Crippen molar-refractivity contribution in [2.24, 2.45) is 5.92 Å². The summed E-state index contributed by atoms with van der Waals surface area (Å²) in [5.74, 6) is 0.964. The van der Waals surface area contributed by atoms with Crippen LogP contribution in [0.4, 0.5) is 0 Å². The monoisotopic (exact) mass is 308 g/mol. The highest BCUT2D eigenvalue weighted by atomic mass is 35.5. The number of alkyl halides is 1. The predicted octanol–water partition coefficient (Wildman–Crippen LogP) is 2.44. The van der Waals surface area contributed by atoms with Gasteiger partial charge in [-0.1, -0.05) is 6.42 Å². The summed E-state index contributed by atoms with van der Waals surface area (Å²) in [5.41, 5.74) is 0. The smallest absolute Gasteiger partial charge is 0.195 e. The van der Waals surface area contributed by atoms with Crippen molar-refractivity contribution in [1.82, 2.24) is 8.61 Å². The summed E-state index contributed by atoms with van der Waals surface area (Å²) in [6.45, 7) is 5.21. The number of hydrogen-bond donors (Lipinski definition) is 0. The van der Waals surface area contributed by atoms with E-state index >= 15 is 0 Å². The van der Waals surface area contributed by atoms with Gasteiger partial charge in [-0.15, -0.1) is 11.6 Å². The van der Waals surface area contributed by atoms with Gasteiger partial charge in [-0.05, 0) is 45.4 Å². The van der Waals surface area contributed by atoms with Crippen LogP contribution < -0.4 is 0 Å². The van der Waals surface area contributed by atoms with Crippen LogP contribution in [0.3, 0.4) is 0 Å². The van der Waals surface area contributed by atoms with Crippen LogP contribution in [-0.2, 0) is 10.2 Å². The lowest BCUT2D eigenvalue weighted by Gasteiger charge is -2.38. The first-order valence-electron chi connectivity index (χ1n) is 7.31. The fourth-order valence-corrected chi connectivity index (χ4v) is 5.21. The Labute approximate surface area is 122 Å². The zero-order valence-electron chi connectivity index (χ0n) is 11.9. The molecule has 19 heavy (non-hydrogen) atoms. The first kappa shape index (κ1) is 15.5. The van der Waals surface area contributed by atoms with Crippen LogP contribution in [0.15, 0.2) is 0 Å². The van der Waals surface area contributed by atoms with Crippen molar-refractivity contribution in [2.45, 2.75) is 58.0 Å². The maximum absolute atomic E-state index is 12.9. The molecule has 0 N–H and O–H groups in total. The highest BCUT2D eigenvalue weighted by Gasteiger charge is 2.39. The molecule has 1 atom stereocenters. The minimum absolute atomic E-state index is 0.0171. The summed E-state index contributed by atoms with van der Waals surface area (Å²) in [5, 5.41) is 0. The predicted molar refractivity (Wildman–Crippen MR) is 78.6 cm³/mol. The molecule has 0 amide bonds. The second-order valence-electron chi connectivity index (χ2n) is 6.03. The Bertz CT molecular complexity index is 387. The third kappa shape index (κ3) is 3.63. The van der Waals surface area contributed by atoms with Gasteiger partial charge in [-0.25, -0.2) is 0 Å². The molecule has 0 aromatic heterocycles. The summed E-state index contributed by atoms with van der Waals surface area (Å²) in [7, 11) is -3.36. The van der Waals surface area contributed by atoms with E-state index < -0.39 is 10.2 Å². The molecule has 0 aromatic carbocycles. The number of rotatable bonds is 6. The maximum atomic E-state index is 12.9. The lowest BCUT2D eigenvalue weighted by Crippen LogP contribution is -2.53. The lowest BCUT2D eigenvalue weighted by molar-refractivity contribution is 0.233. The molecule has 0 spiro atoms. The van der Waals surface area contributed by atoms with Crippen LogP contribution >= 0.6 is 11.6 Å². The minimum atomic E-state index is -3.36. The first-order valence-corrected chi connectivity index (χ1v) is 9.24. The molecule has 6 heteroatoms. The van der Waals surface area contributed by atoms with E-state index in [-0.39, 0.29) is 12.1 Å². The van der Waals surface area contributed by atoms with Gasteiger partial charge in [-0.2, -0.15) is 17.0 Å². The quantitative estimate of drug-likeness (QED) is 0.707. The SMILES string of the molecule is CC(C)N(CC1CC1)S(=O)(=O)N1CCCCC1CCl. The Hall–Kier alpha value is 0.160. The molecule has 1 aliphatic heterocycles. The molecule has 0 radical (unpaired) electrons. The Kier molecular flexibility index (Phi) is 5.15. The number of hydrogen-bond acceptors (Lipinski definition) is 2. The Morgan fingerprint density at radius 2 is 1.95 bits per heavy atom. The summed E-state index contributed by atoms with van der Waals surface area (Å²) in [4.78, 5) is 0. The van der Waals surface area contributed by atoms with Gasteiger partial charge < -0.3 is 0 Å². The molecule has 2 rings (SSSR count). The summed E-state index contributed by atoms with van der Waals surface area (Å²) < 4.78 is 29.0. The van der Waals surface area contributed by atoms with Gasteiger partial charge in [0.1, 0.15) is 0 Å². The fourth-order valence-electron chi connectivity index (χ4n) is 2.69. The molecule has 1 aliphatic carbocycles. The Balaban J connectivity index is 2.16. The van der Waals surface area contributed by atoms with Gasteiger partial charge >= 0.3 is 0 Å². The van der Waals surface area contributed by atoms with Crippen molar-refractivity contribution >= 4 is 21.8 Å². The van der Waals surface area contributed by atoms with Crippen LogP contribution in [-0.4, -0.2) is 48.1 Å². The number of halogens is 1. The largest absolute Gasteiger partial charge is 0.282 e. The molecule has 4 nitrogen and oxygen atoms in total. The Morgan fingerprint density at radius 1 is 1.26 bits per heavy atom. The van der Waals surface area contributed by atoms with E-state index in [1.54, 1.807) is 8.61 Å². The first-order chi connectivity index (χ1) is 8.96. The third-order valence-electron chi connectivity index (χ3n) is 4.05. The molecule has 1 saturated heterocycles. The van der Waals surface area contributed by atoms with Gasteiger partial charge in [0.15, 0.2) is 0 Å².